The molecular weight excluding hydrogens is 305 g/mol. The number of halogens is 3. The van der Waals surface area contributed by atoms with Crippen molar-refractivity contribution in [2.75, 3.05) is 19.6 Å². The van der Waals surface area contributed by atoms with E-state index in [-0.39, 0.29) is 11.5 Å². The molecule has 0 radical (unpaired) electrons. The van der Waals surface area contributed by atoms with Crippen LogP contribution in [0.4, 0.5) is 13.2 Å². The van der Waals surface area contributed by atoms with E-state index in [1.54, 1.807) is 0 Å². The van der Waals surface area contributed by atoms with Crippen LogP contribution in [0.2, 0.25) is 0 Å². The second-order valence-electron chi connectivity index (χ2n) is 6.36. The molecule has 1 heterocycles. The Labute approximate surface area is 134 Å². The molecule has 0 atom stereocenters. The van der Waals surface area contributed by atoms with Gasteiger partial charge in [0.2, 0.25) is 0 Å². The second kappa shape index (κ2) is 7.34. The highest BCUT2D eigenvalue weighted by atomic mass is 19.4. The maximum Gasteiger partial charge on any atom is 0.416 e. The summed E-state index contributed by atoms with van der Waals surface area (Å²) < 4.78 is 37.5. The van der Waals surface area contributed by atoms with Gasteiger partial charge in [-0.15, -0.1) is 0 Å². The van der Waals surface area contributed by atoms with Crippen LogP contribution in [0.5, 0.6) is 0 Å². The maximum absolute atomic E-state index is 12.5. The van der Waals surface area contributed by atoms with Gasteiger partial charge in [-0.1, -0.05) is 0 Å². The molecule has 0 spiro atoms. The molecule has 0 saturated carbocycles. The molecule has 3 nitrogen and oxygen atoms in total. The molecule has 1 aromatic rings. The van der Waals surface area contributed by atoms with Crippen LogP contribution in [0.3, 0.4) is 0 Å². The molecule has 0 aliphatic carbocycles. The highest BCUT2D eigenvalue weighted by molar-refractivity contribution is 5.94. The summed E-state index contributed by atoms with van der Waals surface area (Å²) in [5.41, 5.74) is -0.479. The highest BCUT2D eigenvalue weighted by Gasteiger charge is 2.30. The molecule has 0 unspecified atom stereocenters. The van der Waals surface area contributed by atoms with Crippen molar-refractivity contribution in [3.05, 3.63) is 35.4 Å². The first-order valence-corrected chi connectivity index (χ1v) is 7.97. The third-order valence-corrected chi connectivity index (χ3v) is 4.41. The van der Waals surface area contributed by atoms with Crippen molar-refractivity contribution in [3.8, 4) is 0 Å². The number of likely N-dealkylation sites (tertiary alicyclic amines) is 1. The van der Waals surface area contributed by atoms with E-state index in [0.29, 0.717) is 18.5 Å². The fourth-order valence-corrected chi connectivity index (χ4v) is 2.82. The maximum atomic E-state index is 12.5. The third kappa shape index (κ3) is 4.96. The van der Waals surface area contributed by atoms with E-state index >= 15 is 0 Å². The van der Waals surface area contributed by atoms with Crippen LogP contribution in [0, 0.1) is 5.92 Å². The van der Waals surface area contributed by atoms with Gasteiger partial charge in [0.25, 0.3) is 5.91 Å². The summed E-state index contributed by atoms with van der Waals surface area (Å²) in [4.78, 5) is 14.4. The Bertz CT molecular complexity index is 518. The number of amides is 1. The molecule has 1 N–H and O–H groups in total. The Morgan fingerprint density at radius 3 is 2.26 bits per heavy atom. The lowest BCUT2D eigenvalue weighted by Crippen LogP contribution is -2.41. The molecule has 1 fully saturated rings. The van der Waals surface area contributed by atoms with Crippen LogP contribution in [0.25, 0.3) is 0 Å². The molecule has 6 heteroatoms. The zero-order valence-electron chi connectivity index (χ0n) is 13.5. The summed E-state index contributed by atoms with van der Waals surface area (Å²) in [6.45, 7) is 6.97. The van der Waals surface area contributed by atoms with Gasteiger partial charge >= 0.3 is 6.18 Å². The molecule has 2 rings (SSSR count). The van der Waals surface area contributed by atoms with Gasteiger partial charge in [0.15, 0.2) is 0 Å². The normalized spacial score (nSPS) is 17.5. The van der Waals surface area contributed by atoms with E-state index < -0.39 is 11.7 Å². The van der Waals surface area contributed by atoms with Gasteiger partial charge in [-0.3, -0.25) is 4.79 Å². The van der Waals surface area contributed by atoms with Crippen molar-refractivity contribution in [2.24, 2.45) is 5.92 Å². The van der Waals surface area contributed by atoms with Gasteiger partial charge < -0.3 is 10.2 Å². The number of carbonyl (C=O) groups excluding carboxylic acids is 1. The quantitative estimate of drug-likeness (QED) is 0.917. The lowest BCUT2D eigenvalue weighted by molar-refractivity contribution is -0.137. The van der Waals surface area contributed by atoms with E-state index in [4.69, 9.17) is 0 Å². The molecular formula is C17H23F3N2O. The van der Waals surface area contributed by atoms with Crippen molar-refractivity contribution in [2.45, 2.75) is 38.9 Å². The first-order valence-electron chi connectivity index (χ1n) is 7.97. The van der Waals surface area contributed by atoms with E-state index in [1.807, 2.05) is 0 Å². The molecule has 1 aliphatic heterocycles. The summed E-state index contributed by atoms with van der Waals surface area (Å²) >= 11 is 0. The fraction of sp³-hybridized carbons (Fsp3) is 0.588. The number of hydrogen-bond acceptors (Lipinski definition) is 2. The first kappa shape index (κ1) is 17.8. The molecule has 128 valence electrons. The summed E-state index contributed by atoms with van der Waals surface area (Å²) in [6, 6.07) is 4.86. The fourth-order valence-electron chi connectivity index (χ4n) is 2.82. The zero-order chi connectivity index (χ0) is 17.0. The van der Waals surface area contributed by atoms with Crippen molar-refractivity contribution >= 4 is 5.91 Å². The lowest BCUT2D eigenvalue weighted by atomic mass is 9.96. The van der Waals surface area contributed by atoms with E-state index in [1.165, 1.54) is 12.1 Å². The van der Waals surface area contributed by atoms with E-state index in [9.17, 15) is 18.0 Å². The topological polar surface area (TPSA) is 32.3 Å². The minimum Gasteiger partial charge on any atom is -0.352 e. The Kier molecular flexibility index (Phi) is 5.68. The average Bonchev–Trinajstić information content (AvgIpc) is 2.52. The third-order valence-electron chi connectivity index (χ3n) is 4.41. The Morgan fingerprint density at radius 2 is 1.78 bits per heavy atom. The summed E-state index contributed by atoms with van der Waals surface area (Å²) in [5, 5.41) is 2.83. The van der Waals surface area contributed by atoms with Crippen LogP contribution in [-0.4, -0.2) is 36.5 Å². The van der Waals surface area contributed by atoms with Gasteiger partial charge in [0, 0.05) is 18.2 Å². The molecule has 1 amide bonds. The summed E-state index contributed by atoms with van der Waals surface area (Å²) in [6.07, 6.45) is -2.31. The predicted octanol–water partition coefficient (Wildman–Crippen LogP) is 3.56. The van der Waals surface area contributed by atoms with E-state index in [0.717, 1.165) is 38.1 Å². The highest BCUT2D eigenvalue weighted by Crippen LogP contribution is 2.29. The smallest absolute Gasteiger partial charge is 0.352 e. The number of benzene rings is 1. The number of alkyl halides is 3. The number of hydrogen-bond donors (Lipinski definition) is 1. The Morgan fingerprint density at radius 1 is 1.22 bits per heavy atom. The molecule has 1 aromatic carbocycles. The molecule has 0 aromatic heterocycles. The van der Waals surface area contributed by atoms with Crippen LogP contribution < -0.4 is 5.32 Å². The number of nitrogens with one attached hydrogen (secondary N) is 1. The number of piperidine rings is 1. The van der Waals surface area contributed by atoms with Gasteiger partial charge in [0.1, 0.15) is 0 Å². The van der Waals surface area contributed by atoms with Crippen LogP contribution >= 0.6 is 0 Å². The van der Waals surface area contributed by atoms with Crippen molar-refractivity contribution in [3.63, 3.8) is 0 Å². The van der Waals surface area contributed by atoms with Gasteiger partial charge in [-0.05, 0) is 70.0 Å². The van der Waals surface area contributed by atoms with Crippen LogP contribution in [0.1, 0.15) is 42.6 Å². The molecule has 1 saturated heterocycles. The van der Waals surface area contributed by atoms with Crippen molar-refractivity contribution in [1.29, 1.82) is 0 Å². The standard InChI is InChI=1S/C17H23F3N2O/c1-12(2)22-9-7-13(8-10-22)11-21-16(23)14-3-5-15(6-4-14)17(18,19)20/h3-6,12-13H,7-11H2,1-2H3,(H,21,23). The first-order chi connectivity index (χ1) is 10.8. The van der Waals surface area contributed by atoms with Crippen molar-refractivity contribution in [1.82, 2.24) is 10.2 Å². The molecule has 1 aliphatic rings. The number of rotatable bonds is 4. The van der Waals surface area contributed by atoms with E-state index in [2.05, 4.69) is 24.1 Å². The summed E-state index contributed by atoms with van der Waals surface area (Å²) in [5.74, 6) is 0.119. The van der Waals surface area contributed by atoms with Gasteiger partial charge in [0.05, 0.1) is 5.56 Å². The predicted molar refractivity (Wildman–Crippen MR) is 83.2 cm³/mol. The molecule has 23 heavy (non-hydrogen) atoms. The largest absolute Gasteiger partial charge is 0.416 e. The van der Waals surface area contributed by atoms with Crippen molar-refractivity contribution < 1.29 is 18.0 Å². The minimum absolute atomic E-state index is 0.262. The zero-order valence-corrected chi connectivity index (χ0v) is 13.5. The lowest BCUT2D eigenvalue weighted by Gasteiger charge is -2.34. The number of nitrogens with zero attached hydrogens (tertiary/aromatic N) is 1. The SMILES string of the molecule is CC(C)N1CCC(CNC(=O)c2ccc(C(F)(F)F)cc2)CC1. The molecule has 0 bridgehead atoms. The van der Waals surface area contributed by atoms with Gasteiger partial charge in [-0.2, -0.15) is 13.2 Å². The Balaban J connectivity index is 1.81. The second-order valence-corrected chi connectivity index (χ2v) is 6.36. The Hall–Kier alpha value is -1.56. The number of carbonyl (C=O) groups is 1. The summed E-state index contributed by atoms with van der Waals surface area (Å²) in [7, 11) is 0. The van der Waals surface area contributed by atoms with Crippen LogP contribution in [0.15, 0.2) is 24.3 Å². The van der Waals surface area contributed by atoms with Gasteiger partial charge in [-0.25, -0.2) is 0 Å². The average molecular weight is 328 g/mol. The minimum atomic E-state index is -4.38. The van der Waals surface area contributed by atoms with Crippen LogP contribution in [-0.2, 0) is 6.18 Å². The monoisotopic (exact) mass is 328 g/mol.